The number of amides is 3. The number of likely N-dealkylation sites (N-methyl/N-ethyl adjacent to an activating group) is 1. The minimum atomic E-state index is -0.262. The first-order valence-corrected chi connectivity index (χ1v) is 8.94. The van der Waals surface area contributed by atoms with E-state index in [1.54, 1.807) is 51.4 Å². The molecule has 0 saturated heterocycles. The number of nitrogens with zero attached hydrogens (tertiary/aromatic N) is 1. The van der Waals surface area contributed by atoms with E-state index in [0.717, 1.165) is 11.1 Å². The van der Waals surface area contributed by atoms with Gasteiger partial charge in [-0.3, -0.25) is 4.79 Å². The zero-order valence-electron chi connectivity index (χ0n) is 16.9. The minimum absolute atomic E-state index is 0.0826. The van der Waals surface area contributed by atoms with Crippen LogP contribution >= 0.6 is 0 Å². The van der Waals surface area contributed by atoms with Gasteiger partial charge in [-0.05, 0) is 36.8 Å². The largest absolute Gasteiger partial charge is 0.497 e. The van der Waals surface area contributed by atoms with Crippen LogP contribution in [0.15, 0.2) is 42.5 Å². The Morgan fingerprint density at radius 1 is 1.11 bits per heavy atom. The molecule has 0 saturated carbocycles. The second-order valence-corrected chi connectivity index (χ2v) is 6.38. The van der Waals surface area contributed by atoms with Gasteiger partial charge in [0.15, 0.2) is 0 Å². The van der Waals surface area contributed by atoms with Gasteiger partial charge in [0.05, 0.1) is 26.7 Å². The Labute approximate surface area is 165 Å². The van der Waals surface area contributed by atoms with Gasteiger partial charge < -0.3 is 25.0 Å². The second-order valence-electron chi connectivity index (χ2n) is 6.38. The number of nitrogens with one attached hydrogen (secondary N) is 2. The minimum Gasteiger partial charge on any atom is -0.497 e. The summed E-state index contributed by atoms with van der Waals surface area (Å²) in [7, 11) is 6.49. The van der Waals surface area contributed by atoms with E-state index in [-0.39, 0.29) is 24.4 Å². The molecular weight excluding hydrogens is 358 g/mol. The lowest BCUT2D eigenvalue weighted by Crippen LogP contribution is -2.33. The monoisotopic (exact) mass is 385 g/mol. The SMILES string of the molecule is CNC(=O)Cc1cccc(NC(=O)N(C)[C@@H](C)c2ccc(OC)cc2OC)c1. The molecule has 2 N–H and O–H groups in total. The van der Waals surface area contributed by atoms with Crippen molar-refractivity contribution in [3.8, 4) is 11.5 Å². The second kappa shape index (κ2) is 9.64. The molecule has 0 unspecified atom stereocenters. The van der Waals surface area contributed by atoms with E-state index in [9.17, 15) is 9.59 Å². The average Bonchev–Trinajstić information content (AvgIpc) is 2.72. The summed E-state index contributed by atoms with van der Waals surface area (Å²) in [4.78, 5) is 25.9. The van der Waals surface area contributed by atoms with E-state index in [4.69, 9.17) is 9.47 Å². The predicted octanol–water partition coefficient (Wildman–Crippen LogP) is 3.22. The molecule has 0 aliphatic rings. The van der Waals surface area contributed by atoms with Crippen LogP contribution in [-0.2, 0) is 11.2 Å². The molecule has 0 heterocycles. The number of hydrogen-bond acceptors (Lipinski definition) is 4. The first-order valence-electron chi connectivity index (χ1n) is 8.94. The van der Waals surface area contributed by atoms with Crippen molar-refractivity contribution < 1.29 is 19.1 Å². The van der Waals surface area contributed by atoms with Gasteiger partial charge in [0.2, 0.25) is 5.91 Å². The number of methoxy groups -OCH3 is 2. The van der Waals surface area contributed by atoms with Crippen molar-refractivity contribution >= 4 is 17.6 Å². The number of benzene rings is 2. The molecule has 0 aliphatic heterocycles. The molecule has 1 atom stereocenters. The van der Waals surface area contributed by atoms with E-state index >= 15 is 0 Å². The Balaban J connectivity index is 2.12. The van der Waals surface area contributed by atoms with E-state index in [2.05, 4.69) is 10.6 Å². The van der Waals surface area contributed by atoms with Crippen molar-refractivity contribution in [1.29, 1.82) is 0 Å². The molecule has 7 heteroatoms. The predicted molar refractivity (Wildman–Crippen MR) is 109 cm³/mol. The topological polar surface area (TPSA) is 79.9 Å². The molecule has 0 bridgehead atoms. The molecule has 2 aromatic rings. The molecule has 0 aliphatic carbocycles. The molecule has 150 valence electrons. The highest BCUT2D eigenvalue weighted by Gasteiger charge is 2.21. The number of carbonyl (C=O) groups excluding carboxylic acids is 2. The number of hydrogen-bond donors (Lipinski definition) is 2. The number of anilines is 1. The normalized spacial score (nSPS) is 11.3. The Kier molecular flexibility index (Phi) is 7.26. The lowest BCUT2D eigenvalue weighted by atomic mass is 10.1. The van der Waals surface area contributed by atoms with Crippen LogP contribution < -0.4 is 20.1 Å². The summed E-state index contributed by atoms with van der Waals surface area (Å²) in [5, 5.41) is 5.46. The van der Waals surface area contributed by atoms with Crippen molar-refractivity contribution in [3.63, 3.8) is 0 Å². The van der Waals surface area contributed by atoms with Gasteiger partial charge in [-0.25, -0.2) is 4.79 Å². The van der Waals surface area contributed by atoms with Crippen LogP contribution in [0.25, 0.3) is 0 Å². The molecule has 0 fully saturated rings. The highest BCUT2D eigenvalue weighted by Crippen LogP contribution is 2.32. The summed E-state index contributed by atoms with van der Waals surface area (Å²) >= 11 is 0. The van der Waals surface area contributed by atoms with Gasteiger partial charge in [0, 0.05) is 31.4 Å². The fraction of sp³-hybridized carbons (Fsp3) is 0.333. The lowest BCUT2D eigenvalue weighted by molar-refractivity contribution is -0.119. The van der Waals surface area contributed by atoms with Gasteiger partial charge in [-0.15, -0.1) is 0 Å². The zero-order chi connectivity index (χ0) is 20.7. The maximum atomic E-state index is 12.7. The van der Waals surface area contributed by atoms with Crippen LogP contribution in [0.5, 0.6) is 11.5 Å². The fourth-order valence-electron chi connectivity index (χ4n) is 2.79. The summed E-state index contributed by atoms with van der Waals surface area (Å²) in [5.41, 5.74) is 2.33. The zero-order valence-corrected chi connectivity index (χ0v) is 16.9. The number of urea groups is 1. The molecule has 0 aromatic heterocycles. The number of ether oxygens (including phenoxy) is 2. The van der Waals surface area contributed by atoms with Crippen LogP contribution in [0.4, 0.5) is 10.5 Å². The quantitative estimate of drug-likeness (QED) is 0.767. The van der Waals surface area contributed by atoms with Crippen LogP contribution in [0, 0.1) is 0 Å². The van der Waals surface area contributed by atoms with Crippen LogP contribution in [0.2, 0.25) is 0 Å². The Bertz CT molecular complexity index is 838. The number of carbonyl (C=O) groups is 2. The maximum absolute atomic E-state index is 12.7. The summed E-state index contributed by atoms with van der Waals surface area (Å²) in [6.45, 7) is 1.92. The fourth-order valence-corrected chi connectivity index (χ4v) is 2.79. The maximum Gasteiger partial charge on any atom is 0.322 e. The summed E-state index contributed by atoms with van der Waals surface area (Å²) in [5.74, 6) is 1.26. The summed E-state index contributed by atoms with van der Waals surface area (Å²) in [6.07, 6.45) is 0.259. The van der Waals surface area contributed by atoms with Crippen LogP contribution in [-0.4, -0.2) is 45.2 Å². The smallest absolute Gasteiger partial charge is 0.322 e. The van der Waals surface area contributed by atoms with E-state index < -0.39 is 0 Å². The highest BCUT2D eigenvalue weighted by atomic mass is 16.5. The third kappa shape index (κ3) is 5.16. The van der Waals surface area contributed by atoms with Crippen LogP contribution in [0.1, 0.15) is 24.1 Å². The van der Waals surface area contributed by atoms with Gasteiger partial charge in [-0.1, -0.05) is 12.1 Å². The molecule has 3 amide bonds. The van der Waals surface area contributed by atoms with Gasteiger partial charge in [0.1, 0.15) is 11.5 Å². The van der Waals surface area contributed by atoms with Crippen molar-refractivity contribution in [2.75, 3.05) is 33.6 Å². The highest BCUT2D eigenvalue weighted by molar-refractivity contribution is 5.89. The van der Waals surface area contributed by atoms with Crippen molar-refractivity contribution in [2.24, 2.45) is 0 Å². The van der Waals surface area contributed by atoms with Gasteiger partial charge >= 0.3 is 6.03 Å². The molecular formula is C21H27N3O4. The standard InChI is InChI=1S/C21H27N3O4/c1-14(18-10-9-17(27-4)13-19(18)28-5)24(3)21(26)23-16-8-6-7-15(11-16)12-20(25)22-2/h6-11,13-14H,12H2,1-5H3,(H,22,25)(H,23,26)/t14-/m0/s1. The molecule has 0 spiro atoms. The molecule has 0 radical (unpaired) electrons. The average molecular weight is 385 g/mol. The van der Waals surface area contributed by atoms with Crippen LogP contribution in [0.3, 0.4) is 0 Å². The first-order chi connectivity index (χ1) is 13.4. The van der Waals surface area contributed by atoms with Crippen molar-refractivity contribution in [1.82, 2.24) is 10.2 Å². The third-order valence-corrected chi connectivity index (χ3v) is 4.61. The third-order valence-electron chi connectivity index (χ3n) is 4.61. The van der Waals surface area contributed by atoms with Crippen molar-refractivity contribution in [3.05, 3.63) is 53.6 Å². The van der Waals surface area contributed by atoms with Gasteiger partial charge in [-0.2, -0.15) is 0 Å². The molecule has 28 heavy (non-hydrogen) atoms. The Morgan fingerprint density at radius 2 is 1.86 bits per heavy atom. The molecule has 2 aromatic carbocycles. The summed E-state index contributed by atoms with van der Waals surface area (Å²) in [6, 6.07) is 12.3. The van der Waals surface area contributed by atoms with E-state index in [1.165, 1.54) is 0 Å². The first kappa shape index (κ1) is 21.1. The molecule has 7 nitrogen and oxygen atoms in total. The molecule has 2 rings (SSSR count). The Morgan fingerprint density at radius 3 is 2.50 bits per heavy atom. The van der Waals surface area contributed by atoms with Gasteiger partial charge in [0.25, 0.3) is 0 Å². The Hall–Kier alpha value is -3.22. The van der Waals surface area contributed by atoms with E-state index in [1.807, 2.05) is 31.2 Å². The number of rotatable bonds is 7. The summed E-state index contributed by atoms with van der Waals surface area (Å²) < 4.78 is 10.7. The lowest BCUT2D eigenvalue weighted by Gasteiger charge is -2.27. The van der Waals surface area contributed by atoms with Crippen molar-refractivity contribution in [2.45, 2.75) is 19.4 Å². The van der Waals surface area contributed by atoms with E-state index in [0.29, 0.717) is 17.2 Å².